The molecule has 1 heterocycles. The number of nitrogens with one attached hydrogen (secondary N) is 2. The molecule has 1 aromatic rings. The number of aromatic amines is 1. The van der Waals surface area contributed by atoms with Crippen molar-refractivity contribution in [2.24, 2.45) is 17.1 Å². The maximum absolute atomic E-state index is 11.8. The van der Waals surface area contributed by atoms with E-state index in [4.69, 9.17) is 5.73 Å². The Morgan fingerprint density at radius 2 is 2.15 bits per heavy atom. The molecule has 20 heavy (non-hydrogen) atoms. The summed E-state index contributed by atoms with van der Waals surface area (Å²) in [4.78, 5) is 25.4. The van der Waals surface area contributed by atoms with Crippen LogP contribution in [0.25, 0.3) is 0 Å². The zero-order valence-corrected chi connectivity index (χ0v) is 13.3. The molecule has 1 amide bonds. The molecule has 0 saturated carbocycles. The van der Waals surface area contributed by atoms with Gasteiger partial charge in [0.25, 0.3) is 0 Å². The zero-order chi connectivity index (χ0) is 15.2. The third-order valence-corrected chi connectivity index (χ3v) is 4.23. The number of amides is 1. The molecule has 0 aliphatic rings. The lowest BCUT2D eigenvalue weighted by molar-refractivity contribution is -0.121. The molecule has 0 aliphatic carbocycles. The lowest BCUT2D eigenvalue weighted by Crippen LogP contribution is -2.27. The first-order valence-electron chi connectivity index (χ1n) is 6.96. The van der Waals surface area contributed by atoms with E-state index in [0.717, 1.165) is 29.9 Å². The standard InChI is InChI=1S/C14H25N3O2S/c1-14(2,3)10(6-7-15)4-5-12(18)16-8-11-9-20-13(19)17-11/h9-10H,4-8,15H2,1-3H3,(H,16,18)(H,17,19). The molecular weight excluding hydrogens is 274 g/mol. The molecule has 1 aromatic heterocycles. The number of thiazole rings is 1. The Balaban J connectivity index is 2.36. The predicted octanol–water partition coefficient (Wildman–Crippen LogP) is 1.84. The summed E-state index contributed by atoms with van der Waals surface area (Å²) in [7, 11) is 0. The fourth-order valence-corrected chi connectivity index (χ4v) is 2.78. The molecule has 5 nitrogen and oxygen atoms in total. The van der Waals surface area contributed by atoms with Gasteiger partial charge >= 0.3 is 4.87 Å². The highest BCUT2D eigenvalue weighted by molar-refractivity contribution is 7.07. The summed E-state index contributed by atoms with van der Waals surface area (Å²) >= 11 is 1.11. The van der Waals surface area contributed by atoms with Crippen LogP contribution in [0.15, 0.2) is 10.2 Å². The number of hydrogen-bond acceptors (Lipinski definition) is 4. The monoisotopic (exact) mass is 299 g/mol. The topological polar surface area (TPSA) is 88.0 Å². The van der Waals surface area contributed by atoms with Gasteiger partial charge in [-0.2, -0.15) is 0 Å². The van der Waals surface area contributed by atoms with Crippen LogP contribution < -0.4 is 15.9 Å². The largest absolute Gasteiger partial charge is 0.351 e. The van der Waals surface area contributed by atoms with Crippen LogP contribution in [0.3, 0.4) is 0 Å². The molecule has 0 aromatic carbocycles. The van der Waals surface area contributed by atoms with Gasteiger partial charge in [-0.1, -0.05) is 32.1 Å². The van der Waals surface area contributed by atoms with Gasteiger partial charge in [-0.05, 0) is 30.7 Å². The number of nitrogens with two attached hydrogens (primary N) is 1. The first-order valence-corrected chi connectivity index (χ1v) is 7.84. The van der Waals surface area contributed by atoms with Crippen molar-refractivity contribution in [1.29, 1.82) is 0 Å². The molecule has 6 heteroatoms. The van der Waals surface area contributed by atoms with Crippen molar-refractivity contribution in [3.8, 4) is 0 Å². The highest BCUT2D eigenvalue weighted by atomic mass is 32.1. The van der Waals surface area contributed by atoms with Crippen LogP contribution in [0.1, 0.15) is 45.7 Å². The Morgan fingerprint density at radius 1 is 1.45 bits per heavy atom. The Labute approximate surface area is 124 Å². The Bertz CT molecular complexity index is 473. The molecular formula is C14H25N3O2S. The van der Waals surface area contributed by atoms with E-state index in [1.165, 1.54) is 0 Å². The second-order valence-electron chi connectivity index (χ2n) is 6.13. The molecule has 1 atom stereocenters. The van der Waals surface area contributed by atoms with E-state index in [-0.39, 0.29) is 16.2 Å². The molecule has 114 valence electrons. The van der Waals surface area contributed by atoms with E-state index in [1.807, 2.05) is 0 Å². The van der Waals surface area contributed by atoms with Gasteiger partial charge in [0, 0.05) is 17.5 Å². The lowest BCUT2D eigenvalue weighted by Gasteiger charge is -2.30. The van der Waals surface area contributed by atoms with Gasteiger partial charge < -0.3 is 16.0 Å². The smallest absolute Gasteiger partial charge is 0.304 e. The summed E-state index contributed by atoms with van der Waals surface area (Å²) in [6, 6.07) is 0. The Hall–Kier alpha value is -1.14. The number of hydrogen-bond donors (Lipinski definition) is 3. The quantitative estimate of drug-likeness (QED) is 0.718. The summed E-state index contributed by atoms with van der Waals surface area (Å²) in [6.45, 7) is 7.58. The summed E-state index contributed by atoms with van der Waals surface area (Å²) in [5, 5.41) is 4.56. The summed E-state index contributed by atoms with van der Waals surface area (Å²) in [6.07, 6.45) is 2.28. The molecule has 0 aliphatic heterocycles. The van der Waals surface area contributed by atoms with Gasteiger partial charge in [-0.25, -0.2) is 0 Å². The number of H-pyrrole nitrogens is 1. The lowest BCUT2D eigenvalue weighted by atomic mass is 9.76. The molecule has 0 radical (unpaired) electrons. The number of aromatic nitrogens is 1. The normalized spacial score (nSPS) is 13.2. The van der Waals surface area contributed by atoms with Crippen LogP contribution in [0, 0.1) is 11.3 Å². The van der Waals surface area contributed by atoms with Gasteiger partial charge in [0.2, 0.25) is 5.91 Å². The second-order valence-corrected chi connectivity index (χ2v) is 6.97. The zero-order valence-electron chi connectivity index (χ0n) is 12.5. The van der Waals surface area contributed by atoms with Crippen LogP contribution in [-0.4, -0.2) is 17.4 Å². The van der Waals surface area contributed by atoms with Crippen LogP contribution >= 0.6 is 11.3 Å². The van der Waals surface area contributed by atoms with Crippen LogP contribution in [0.2, 0.25) is 0 Å². The second kappa shape index (κ2) is 7.59. The minimum absolute atomic E-state index is 0.0170. The molecule has 0 bridgehead atoms. The van der Waals surface area contributed by atoms with Crippen molar-refractivity contribution in [1.82, 2.24) is 10.3 Å². The summed E-state index contributed by atoms with van der Waals surface area (Å²) < 4.78 is 0. The van der Waals surface area contributed by atoms with Crippen molar-refractivity contribution in [3.05, 3.63) is 20.7 Å². The fourth-order valence-electron chi connectivity index (χ4n) is 2.20. The number of carbonyl (C=O) groups is 1. The van der Waals surface area contributed by atoms with E-state index in [9.17, 15) is 9.59 Å². The summed E-state index contributed by atoms with van der Waals surface area (Å²) in [5.74, 6) is 0.461. The van der Waals surface area contributed by atoms with Crippen molar-refractivity contribution in [2.75, 3.05) is 6.54 Å². The SMILES string of the molecule is CC(C)(C)C(CCN)CCC(=O)NCc1csc(=O)[nH]1. The Morgan fingerprint density at radius 3 is 2.65 bits per heavy atom. The van der Waals surface area contributed by atoms with Crippen LogP contribution in [0.5, 0.6) is 0 Å². The van der Waals surface area contributed by atoms with Crippen LogP contribution in [0.4, 0.5) is 0 Å². The summed E-state index contributed by atoms with van der Waals surface area (Å²) in [5.41, 5.74) is 6.55. The van der Waals surface area contributed by atoms with Crippen molar-refractivity contribution in [2.45, 2.75) is 46.6 Å². The van der Waals surface area contributed by atoms with Crippen LogP contribution in [-0.2, 0) is 11.3 Å². The molecule has 0 saturated heterocycles. The van der Waals surface area contributed by atoms with E-state index < -0.39 is 0 Å². The minimum atomic E-state index is -0.0926. The van der Waals surface area contributed by atoms with Gasteiger partial charge in [-0.15, -0.1) is 0 Å². The van der Waals surface area contributed by atoms with Crippen molar-refractivity contribution < 1.29 is 4.79 Å². The maximum atomic E-state index is 11.8. The van der Waals surface area contributed by atoms with E-state index >= 15 is 0 Å². The Kier molecular flexibility index (Phi) is 6.42. The maximum Gasteiger partial charge on any atom is 0.304 e. The molecule has 0 fully saturated rings. The number of carbonyl (C=O) groups excluding carboxylic acids is 1. The predicted molar refractivity (Wildman–Crippen MR) is 82.6 cm³/mol. The van der Waals surface area contributed by atoms with Gasteiger partial charge in [0.05, 0.1) is 6.54 Å². The third-order valence-electron chi connectivity index (χ3n) is 3.51. The minimum Gasteiger partial charge on any atom is -0.351 e. The highest BCUT2D eigenvalue weighted by Crippen LogP contribution is 2.31. The van der Waals surface area contributed by atoms with E-state index in [2.05, 4.69) is 31.1 Å². The molecule has 1 unspecified atom stereocenters. The van der Waals surface area contributed by atoms with E-state index in [0.29, 0.717) is 25.4 Å². The van der Waals surface area contributed by atoms with Crippen molar-refractivity contribution >= 4 is 17.2 Å². The average Bonchev–Trinajstić information content (AvgIpc) is 2.76. The molecule has 4 N–H and O–H groups in total. The fraction of sp³-hybridized carbons (Fsp3) is 0.714. The van der Waals surface area contributed by atoms with Crippen molar-refractivity contribution in [3.63, 3.8) is 0 Å². The average molecular weight is 299 g/mol. The third kappa shape index (κ3) is 5.88. The number of rotatable bonds is 7. The highest BCUT2D eigenvalue weighted by Gasteiger charge is 2.24. The molecule has 0 spiro atoms. The molecule has 1 rings (SSSR count). The first kappa shape index (κ1) is 16.9. The first-order chi connectivity index (χ1) is 9.32. The van der Waals surface area contributed by atoms with Gasteiger partial charge in [0.15, 0.2) is 0 Å². The van der Waals surface area contributed by atoms with E-state index in [1.54, 1.807) is 5.38 Å². The van der Waals surface area contributed by atoms with Gasteiger partial charge in [-0.3, -0.25) is 9.59 Å². The van der Waals surface area contributed by atoms with Gasteiger partial charge in [0.1, 0.15) is 0 Å².